The van der Waals surface area contributed by atoms with Gasteiger partial charge < -0.3 is 39.4 Å². The zero-order chi connectivity index (χ0) is 32.1. The number of hydrogen-bond acceptors (Lipinski definition) is 11. The van der Waals surface area contributed by atoms with Crippen molar-refractivity contribution in [3.05, 3.63) is 0 Å². The zero-order valence-electron chi connectivity index (χ0n) is 25.7. The molecule has 0 fully saturated rings. The van der Waals surface area contributed by atoms with Crippen LogP contribution in [0.4, 0.5) is 9.59 Å². The van der Waals surface area contributed by atoms with Crippen LogP contribution in [-0.4, -0.2) is 83.8 Å². The van der Waals surface area contributed by atoms with E-state index in [9.17, 15) is 28.8 Å². The third-order valence-electron chi connectivity index (χ3n) is 4.85. The predicted octanol–water partition coefficient (Wildman–Crippen LogP) is 2.95. The number of esters is 3. The Labute approximate surface area is 241 Å². The monoisotopic (exact) mass is 590 g/mol. The van der Waals surface area contributed by atoms with Crippen molar-refractivity contribution in [2.75, 3.05) is 13.2 Å². The van der Waals surface area contributed by atoms with E-state index >= 15 is 0 Å². The average Bonchev–Trinajstić information content (AvgIpc) is 2.78. The molecule has 2 amide bonds. The Morgan fingerprint density at radius 3 is 1.46 bits per heavy atom. The lowest BCUT2D eigenvalue weighted by Gasteiger charge is -2.27. The highest BCUT2D eigenvalue weighted by molar-refractivity contribution is 5.83. The lowest BCUT2D eigenvalue weighted by atomic mass is 10.0. The highest BCUT2D eigenvalue weighted by Crippen LogP contribution is 2.13. The molecular formula is C27H46N2O12. The van der Waals surface area contributed by atoms with Crippen LogP contribution in [0.5, 0.6) is 0 Å². The molecule has 3 atom stereocenters. The summed E-state index contributed by atoms with van der Waals surface area (Å²) in [6, 6.07) is -2.28. The maximum absolute atomic E-state index is 13.0. The van der Waals surface area contributed by atoms with Gasteiger partial charge in [-0.1, -0.05) is 27.7 Å². The first-order chi connectivity index (χ1) is 18.6. The smallest absolute Gasteiger partial charge is 0.408 e. The van der Waals surface area contributed by atoms with Gasteiger partial charge in [-0.3, -0.25) is 9.59 Å². The maximum atomic E-state index is 13.0. The molecule has 0 aliphatic heterocycles. The molecule has 0 aromatic heterocycles. The van der Waals surface area contributed by atoms with Gasteiger partial charge in [0.05, 0.1) is 12.8 Å². The van der Waals surface area contributed by atoms with Crippen molar-refractivity contribution in [1.82, 2.24) is 10.6 Å². The Kier molecular flexibility index (Phi) is 15.2. The summed E-state index contributed by atoms with van der Waals surface area (Å²) in [4.78, 5) is 73.0. The van der Waals surface area contributed by atoms with Crippen molar-refractivity contribution in [2.24, 2.45) is 11.8 Å². The van der Waals surface area contributed by atoms with Crippen molar-refractivity contribution in [1.29, 1.82) is 0 Å². The summed E-state index contributed by atoms with van der Waals surface area (Å²) in [5.41, 5.74) is -1.63. The molecule has 236 valence electrons. The second-order valence-corrected chi connectivity index (χ2v) is 12.0. The lowest BCUT2D eigenvalue weighted by Crippen LogP contribution is -2.49. The summed E-state index contributed by atoms with van der Waals surface area (Å²) in [7, 11) is 0. The lowest BCUT2D eigenvalue weighted by molar-refractivity contribution is -0.170. The third-order valence-corrected chi connectivity index (χ3v) is 4.85. The molecule has 3 N–H and O–H groups in total. The Balaban J connectivity index is 5.62. The van der Waals surface area contributed by atoms with Gasteiger partial charge in [0.15, 0.2) is 6.10 Å². The van der Waals surface area contributed by atoms with E-state index in [2.05, 4.69) is 10.6 Å². The van der Waals surface area contributed by atoms with Crippen molar-refractivity contribution in [2.45, 2.75) is 111 Å². The summed E-state index contributed by atoms with van der Waals surface area (Å²) < 4.78 is 26.1. The quantitative estimate of drug-likeness (QED) is 0.198. The first kappa shape index (κ1) is 37.4. The van der Waals surface area contributed by atoms with Crippen LogP contribution in [0.1, 0.15) is 82.1 Å². The maximum Gasteiger partial charge on any atom is 0.408 e. The fourth-order valence-corrected chi connectivity index (χ4v) is 2.95. The van der Waals surface area contributed by atoms with Crippen molar-refractivity contribution >= 4 is 36.1 Å². The van der Waals surface area contributed by atoms with Crippen LogP contribution in [0.2, 0.25) is 0 Å². The number of carbonyl (C=O) groups excluding carboxylic acids is 5. The van der Waals surface area contributed by atoms with Crippen LogP contribution in [0.15, 0.2) is 0 Å². The number of carboxylic acid groups (broad SMARTS) is 1. The molecule has 0 radical (unpaired) electrons. The standard InChI is InChI=1S/C27H46N2O12/c1-15(2)20(28-24(35)40-26(5,6)7)22(33)38-14-17(13-37-19(32)12-11-18(30)31)39-23(34)21(16(3)4)29-25(36)41-27(8,9)10/h15-17,20-21H,11-14H2,1-10H3,(H,28,35)(H,29,36)(H,30,31)/t17?,20-,21-/m0/s1. The molecule has 0 bridgehead atoms. The normalized spacial score (nSPS) is 13.9. The molecule has 0 aliphatic rings. The molecule has 41 heavy (non-hydrogen) atoms. The minimum Gasteiger partial charge on any atom is -0.481 e. The molecule has 1 unspecified atom stereocenters. The van der Waals surface area contributed by atoms with Gasteiger partial charge in [0.25, 0.3) is 0 Å². The molecule has 0 aromatic carbocycles. The van der Waals surface area contributed by atoms with Crippen LogP contribution < -0.4 is 10.6 Å². The average molecular weight is 591 g/mol. The van der Waals surface area contributed by atoms with Gasteiger partial charge in [0.1, 0.15) is 36.5 Å². The third kappa shape index (κ3) is 17.7. The largest absolute Gasteiger partial charge is 0.481 e. The molecule has 0 rings (SSSR count). The highest BCUT2D eigenvalue weighted by atomic mass is 16.6. The molecule has 14 heteroatoms. The Hall–Kier alpha value is -3.58. The van der Waals surface area contributed by atoms with Crippen molar-refractivity contribution in [3.8, 4) is 0 Å². The number of hydrogen-bond donors (Lipinski definition) is 3. The van der Waals surface area contributed by atoms with Gasteiger partial charge in [0, 0.05) is 0 Å². The number of nitrogens with one attached hydrogen (secondary N) is 2. The second-order valence-electron chi connectivity index (χ2n) is 12.0. The number of rotatable bonds is 14. The van der Waals surface area contributed by atoms with Crippen LogP contribution in [0, 0.1) is 11.8 Å². The van der Waals surface area contributed by atoms with E-state index in [1.54, 1.807) is 69.2 Å². The van der Waals surface area contributed by atoms with Crippen molar-refractivity contribution in [3.63, 3.8) is 0 Å². The number of ether oxygens (including phenoxy) is 5. The van der Waals surface area contributed by atoms with Gasteiger partial charge in [-0.2, -0.15) is 0 Å². The van der Waals surface area contributed by atoms with Gasteiger partial charge in [0.2, 0.25) is 0 Å². The van der Waals surface area contributed by atoms with E-state index in [-0.39, 0.29) is 0 Å². The van der Waals surface area contributed by atoms with E-state index in [0.717, 1.165) is 0 Å². The van der Waals surface area contributed by atoms with Gasteiger partial charge in [-0.15, -0.1) is 0 Å². The van der Waals surface area contributed by atoms with Gasteiger partial charge >= 0.3 is 36.1 Å². The first-order valence-corrected chi connectivity index (χ1v) is 13.3. The minimum atomic E-state index is -1.32. The number of alkyl carbamates (subject to hydrolysis) is 2. The molecule has 0 saturated heterocycles. The van der Waals surface area contributed by atoms with Gasteiger partial charge in [-0.25, -0.2) is 19.2 Å². The Bertz CT molecular complexity index is 918. The molecular weight excluding hydrogens is 544 g/mol. The first-order valence-electron chi connectivity index (χ1n) is 13.3. The molecule has 14 nitrogen and oxygen atoms in total. The molecule has 0 spiro atoms. The minimum absolute atomic E-state index is 0.409. The van der Waals surface area contributed by atoms with Crippen LogP contribution in [-0.2, 0) is 42.9 Å². The van der Waals surface area contributed by atoms with Crippen molar-refractivity contribution < 1.29 is 57.6 Å². The summed E-state index contributed by atoms with van der Waals surface area (Å²) >= 11 is 0. The van der Waals surface area contributed by atoms with Gasteiger partial charge in [-0.05, 0) is 53.4 Å². The summed E-state index contributed by atoms with van der Waals surface area (Å²) in [5, 5.41) is 13.6. The highest BCUT2D eigenvalue weighted by Gasteiger charge is 2.33. The molecule has 0 saturated carbocycles. The Morgan fingerprint density at radius 2 is 1.07 bits per heavy atom. The SMILES string of the molecule is CC(C)[C@H](NC(=O)OC(C)(C)C)C(=O)OCC(COC(=O)CCC(=O)O)OC(=O)[C@@H](NC(=O)OC(C)(C)C)C(C)C. The molecule has 0 heterocycles. The van der Waals surface area contributed by atoms with Crippen LogP contribution >= 0.6 is 0 Å². The number of carboxylic acids is 1. The van der Waals surface area contributed by atoms with E-state index in [0.29, 0.717) is 0 Å². The summed E-state index contributed by atoms with van der Waals surface area (Å²) in [6.45, 7) is 15.4. The summed E-state index contributed by atoms with van der Waals surface area (Å²) in [5.74, 6) is -4.71. The molecule has 0 aromatic rings. The predicted molar refractivity (Wildman–Crippen MR) is 145 cm³/mol. The molecule has 0 aliphatic carbocycles. The van der Waals surface area contributed by atoms with Crippen LogP contribution in [0.25, 0.3) is 0 Å². The van der Waals surface area contributed by atoms with E-state index < -0.39 is 103 Å². The Morgan fingerprint density at radius 1 is 0.659 bits per heavy atom. The zero-order valence-corrected chi connectivity index (χ0v) is 25.7. The van der Waals surface area contributed by atoms with E-state index in [4.69, 9.17) is 28.8 Å². The number of carbonyl (C=O) groups is 6. The second kappa shape index (κ2) is 16.6. The fourth-order valence-electron chi connectivity index (χ4n) is 2.95. The fraction of sp³-hybridized carbons (Fsp3) is 0.778. The number of aliphatic carboxylic acids is 1. The van der Waals surface area contributed by atoms with E-state index in [1.807, 2.05) is 0 Å². The van der Waals surface area contributed by atoms with Crippen LogP contribution in [0.3, 0.4) is 0 Å². The topological polar surface area (TPSA) is 193 Å². The number of amides is 2. The summed E-state index contributed by atoms with van der Waals surface area (Å²) in [6.07, 6.45) is -3.92. The van der Waals surface area contributed by atoms with E-state index in [1.165, 1.54) is 0 Å².